The third kappa shape index (κ3) is 3.01. The minimum absolute atomic E-state index is 0.850. The molecule has 4 heterocycles. The Hall–Kier alpha value is -1.98. The lowest BCUT2D eigenvalue weighted by Crippen LogP contribution is -2.25. The smallest absolute Gasteiger partial charge is 0.154 e. The zero-order valence-corrected chi connectivity index (χ0v) is 14.8. The standard InChI is InChI=1S/C19H22N4S/c1-15-13-24-18-17(15)20-14-21-19(18)23-12-3-2-7-16(23)8-6-11-22-9-4-5-10-22/h2-3,6-8,13-14H,4-5,9-12H2,1H3. The SMILES string of the molecule is Cc1csc2c(N3CC=CC=C3C=CCN3CCCC3)ncnc12. The van der Waals surface area contributed by atoms with E-state index in [0.717, 1.165) is 24.4 Å². The number of aromatic nitrogens is 2. The number of nitrogens with zero attached hydrogens (tertiary/aromatic N) is 4. The Bertz CT molecular complexity index is 812. The number of allylic oxidation sites excluding steroid dienone is 3. The van der Waals surface area contributed by atoms with E-state index in [4.69, 9.17) is 0 Å². The lowest BCUT2D eigenvalue weighted by molar-refractivity contribution is 0.377. The van der Waals surface area contributed by atoms with E-state index in [9.17, 15) is 0 Å². The molecule has 4 nitrogen and oxygen atoms in total. The molecule has 0 aliphatic carbocycles. The first-order chi connectivity index (χ1) is 11.8. The largest absolute Gasteiger partial charge is 0.321 e. The van der Waals surface area contributed by atoms with Crippen LogP contribution in [0.1, 0.15) is 18.4 Å². The molecule has 0 radical (unpaired) electrons. The minimum Gasteiger partial charge on any atom is -0.321 e. The monoisotopic (exact) mass is 338 g/mol. The van der Waals surface area contributed by atoms with Crippen molar-refractivity contribution in [2.45, 2.75) is 19.8 Å². The van der Waals surface area contributed by atoms with Crippen LogP contribution in [-0.2, 0) is 0 Å². The van der Waals surface area contributed by atoms with Gasteiger partial charge in [-0.3, -0.25) is 4.90 Å². The van der Waals surface area contributed by atoms with Gasteiger partial charge in [-0.25, -0.2) is 9.97 Å². The summed E-state index contributed by atoms with van der Waals surface area (Å²) in [6, 6.07) is 0. The predicted molar refractivity (Wildman–Crippen MR) is 102 cm³/mol. The van der Waals surface area contributed by atoms with Crippen LogP contribution in [0.4, 0.5) is 5.82 Å². The molecule has 0 amide bonds. The van der Waals surface area contributed by atoms with Gasteiger partial charge in [0.15, 0.2) is 5.82 Å². The van der Waals surface area contributed by atoms with Crippen LogP contribution in [0.25, 0.3) is 10.2 Å². The lowest BCUT2D eigenvalue weighted by Gasteiger charge is -2.26. The highest BCUT2D eigenvalue weighted by atomic mass is 32.1. The van der Waals surface area contributed by atoms with Gasteiger partial charge in [0.05, 0.1) is 10.2 Å². The first kappa shape index (κ1) is 15.5. The summed E-state index contributed by atoms with van der Waals surface area (Å²) in [6.07, 6.45) is 15.3. The molecular formula is C19H22N4S. The zero-order valence-electron chi connectivity index (χ0n) is 14.0. The molecule has 2 aromatic rings. The van der Waals surface area contributed by atoms with E-state index < -0.39 is 0 Å². The molecule has 24 heavy (non-hydrogen) atoms. The summed E-state index contributed by atoms with van der Waals surface area (Å²) in [4.78, 5) is 13.8. The molecule has 0 bridgehead atoms. The van der Waals surface area contributed by atoms with Gasteiger partial charge in [0.25, 0.3) is 0 Å². The Kier molecular flexibility index (Phi) is 4.45. The molecule has 124 valence electrons. The van der Waals surface area contributed by atoms with Gasteiger partial charge in [-0.1, -0.05) is 18.2 Å². The number of thiophene rings is 1. The molecule has 2 aromatic heterocycles. The van der Waals surface area contributed by atoms with Crippen LogP contribution in [0.5, 0.6) is 0 Å². The van der Waals surface area contributed by atoms with Crippen LogP contribution in [0.3, 0.4) is 0 Å². The van der Waals surface area contributed by atoms with E-state index in [1.807, 2.05) is 0 Å². The number of anilines is 1. The van der Waals surface area contributed by atoms with Gasteiger partial charge in [0.1, 0.15) is 6.33 Å². The number of aryl methyl sites for hydroxylation is 1. The number of likely N-dealkylation sites (tertiary alicyclic amines) is 1. The van der Waals surface area contributed by atoms with Crippen LogP contribution in [0.15, 0.2) is 47.8 Å². The first-order valence-electron chi connectivity index (χ1n) is 8.55. The van der Waals surface area contributed by atoms with E-state index >= 15 is 0 Å². The predicted octanol–water partition coefficient (Wildman–Crippen LogP) is 3.91. The zero-order chi connectivity index (χ0) is 16.4. The van der Waals surface area contributed by atoms with Crippen LogP contribution in [-0.4, -0.2) is 41.0 Å². The number of rotatable bonds is 4. The third-order valence-corrected chi connectivity index (χ3v) is 5.70. The lowest BCUT2D eigenvalue weighted by atomic mass is 10.2. The molecule has 5 heteroatoms. The normalized spacial score (nSPS) is 18.9. The number of hydrogen-bond donors (Lipinski definition) is 0. The van der Waals surface area contributed by atoms with E-state index in [-0.39, 0.29) is 0 Å². The van der Waals surface area contributed by atoms with Crippen molar-refractivity contribution >= 4 is 27.4 Å². The van der Waals surface area contributed by atoms with E-state index in [0.29, 0.717) is 0 Å². The fourth-order valence-corrected chi connectivity index (χ4v) is 4.32. The van der Waals surface area contributed by atoms with Gasteiger partial charge in [-0.05, 0) is 56.0 Å². The Balaban J connectivity index is 1.59. The number of hydrogen-bond acceptors (Lipinski definition) is 5. The Morgan fingerprint density at radius 1 is 1.25 bits per heavy atom. The average Bonchev–Trinajstić information content (AvgIpc) is 3.26. The fraction of sp³-hybridized carbons (Fsp3) is 0.368. The minimum atomic E-state index is 0.850. The molecule has 2 aliphatic rings. The molecule has 0 saturated carbocycles. The summed E-state index contributed by atoms with van der Waals surface area (Å²) in [5.74, 6) is 1.01. The van der Waals surface area contributed by atoms with Gasteiger partial charge in [0, 0.05) is 18.8 Å². The molecule has 0 spiro atoms. The average molecular weight is 338 g/mol. The highest BCUT2D eigenvalue weighted by molar-refractivity contribution is 7.18. The van der Waals surface area contributed by atoms with Crippen LogP contribution in [0, 0.1) is 6.92 Å². The van der Waals surface area contributed by atoms with Gasteiger partial charge >= 0.3 is 0 Å². The van der Waals surface area contributed by atoms with Crippen molar-refractivity contribution in [1.29, 1.82) is 0 Å². The van der Waals surface area contributed by atoms with E-state index in [1.165, 1.54) is 41.9 Å². The quantitative estimate of drug-likeness (QED) is 0.846. The third-order valence-electron chi connectivity index (χ3n) is 4.62. The fourth-order valence-electron chi connectivity index (χ4n) is 3.32. The summed E-state index contributed by atoms with van der Waals surface area (Å²) in [5, 5.41) is 2.16. The van der Waals surface area contributed by atoms with Crippen molar-refractivity contribution in [1.82, 2.24) is 14.9 Å². The molecule has 0 aromatic carbocycles. The van der Waals surface area contributed by atoms with Gasteiger partial charge in [0.2, 0.25) is 0 Å². The van der Waals surface area contributed by atoms with Crippen molar-refractivity contribution in [2.75, 3.05) is 31.1 Å². The molecule has 2 aliphatic heterocycles. The van der Waals surface area contributed by atoms with Crippen LogP contribution < -0.4 is 4.90 Å². The summed E-state index contributed by atoms with van der Waals surface area (Å²) in [6.45, 7) is 6.45. The molecule has 1 fully saturated rings. The van der Waals surface area contributed by atoms with Gasteiger partial charge in [-0.15, -0.1) is 11.3 Å². The topological polar surface area (TPSA) is 32.3 Å². The van der Waals surface area contributed by atoms with Gasteiger partial charge in [-0.2, -0.15) is 0 Å². The Morgan fingerprint density at radius 2 is 2.12 bits per heavy atom. The van der Waals surface area contributed by atoms with Crippen LogP contribution >= 0.6 is 11.3 Å². The summed E-state index contributed by atoms with van der Waals surface area (Å²) in [5.41, 5.74) is 3.49. The maximum Gasteiger partial charge on any atom is 0.154 e. The first-order valence-corrected chi connectivity index (χ1v) is 9.43. The van der Waals surface area contributed by atoms with Crippen LogP contribution in [0.2, 0.25) is 0 Å². The Morgan fingerprint density at radius 3 is 3.00 bits per heavy atom. The molecule has 0 unspecified atom stereocenters. The second-order valence-electron chi connectivity index (χ2n) is 6.33. The second kappa shape index (κ2) is 6.87. The molecule has 0 atom stereocenters. The number of fused-ring (bicyclic) bond motifs is 1. The van der Waals surface area contributed by atoms with Gasteiger partial charge < -0.3 is 4.90 Å². The van der Waals surface area contributed by atoms with Crippen molar-refractivity contribution in [3.8, 4) is 0 Å². The van der Waals surface area contributed by atoms with Crippen molar-refractivity contribution in [3.63, 3.8) is 0 Å². The maximum absolute atomic E-state index is 4.59. The summed E-state index contributed by atoms with van der Waals surface area (Å²) in [7, 11) is 0. The van der Waals surface area contributed by atoms with E-state index in [2.05, 4.69) is 62.5 Å². The molecule has 4 rings (SSSR count). The molecular weight excluding hydrogens is 316 g/mol. The maximum atomic E-state index is 4.59. The Labute approximate surface area is 146 Å². The van der Waals surface area contributed by atoms with E-state index in [1.54, 1.807) is 17.7 Å². The molecule has 0 N–H and O–H groups in total. The summed E-state index contributed by atoms with van der Waals surface area (Å²) >= 11 is 1.73. The second-order valence-corrected chi connectivity index (χ2v) is 7.21. The molecule has 1 saturated heterocycles. The van der Waals surface area contributed by atoms with Crippen molar-refractivity contribution in [3.05, 3.63) is 53.3 Å². The summed E-state index contributed by atoms with van der Waals surface area (Å²) < 4.78 is 1.17. The highest BCUT2D eigenvalue weighted by Crippen LogP contribution is 2.33. The van der Waals surface area contributed by atoms with Crippen molar-refractivity contribution in [2.24, 2.45) is 0 Å². The van der Waals surface area contributed by atoms with Crippen molar-refractivity contribution < 1.29 is 0 Å². The highest BCUT2D eigenvalue weighted by Gasteiger charge is 2.17.